The van der Waals surface area contributed by atoms with Gasteiger partial charge in [0.25, 0.3) is 0 Å². The van der Waals surface area contributed by atoms with Crippen LogP contribution in [-0.4, -0.2) is 62.2 Å². The molecule has 2 aromatic rings. The molecule has 1 atom stereocenters. The quantitative estimate of drug-likeness (QED) is 0.433. The smallest absolute Gasteiger partial charge is 0.165 e. The number of ether oxygens (including phenoxy) is 1. The molecule has 4 rings (SSSR count). The van der Waals surface area contributed by atoms with E-state index >= 15 is 0 Å². The number of rotatable bonds is 10. The Morgan fingerprint density at radius 1 is 1.14 bits per heavy atom. The van der Waals surface area contributed by atoms with Gasteiger partial charge in [0.15, 0.2) is 11.6 Å². The zero-order valence-corrected chi connectivity index (χ0v) is 23.3. The first-order chi connectivity index (χ1) is 17.7. The predicted octanol–water partition coefficient (Wildman–Crippen LogP) is 4.90. The van der Waals surface area contributed by atoms with Crippen LogP contribution < -0.4 is 10.6 Å². The molecule has 0 spiro atoms. The Kier molecular flexibility index (Phi) is 9.78. The van der Waals surface area contributed by atoms with Crippen LogP contribution >= 0.6 is 11.6 Å². The fourth-order valence-electron chi connectivity index (χ4n) is 5.43. The Balaban J connectivity index is 1.36. The third kappa shape index (κ3) is 8.60. The average Bonchev–Trinajstić information content (AvgIpc) is 2.85. The van der Waals surface area contributed by atoms with Crippen molar-refractivity contribution in [1.29, 1.82) is 0 Å². The van der Waals surface area contributed by atoms with E-state index in [1.807, 2.05) is 13.0 Å². The summed E-state index contributed by atoms with van der Waals surface area (Å²) in [7, 11) is -2.99. The molecule has 0 aromatic carbocycles. The minimum absolute atomic E-state index is 0.0451. The zero-order chi connectivity index (χ0) is 26.4. The summed E-state index contributed by atoms with van der Waals surface area (Å²) in [6.07, 6.45) is 9.84. The first-order valence-corrected chi connectivity index (χ1v) is 15.7. The second-order valence-corrected chi connectivity index (χ2v) is 13.3. The second-order valence-electron chi connectivity index (χ2n) is 10.7. The molecule has 2 fully saturated rings. The van der Waals surface area contributed by atoms with Crippen LogP contribution in [0.25, 0.3) is 11.3 Å². The Morgan fingerprint density at radius 2 is 1.86 bits per heavy atom. The molecule has 10 heteroatoms. The van der Waals surface area contributed by atoms with Gasteiger partial charge < -0.3 is 15.4 Å². The third-order valence-electron chi connectivity index (χ3n) is 7.35. The van der Waals surface area contributed by atoms with Crippen molar-refractivity contribution in [2.45, 2.75) is 64.0 Å². The zero-order valence-electron chi connectivity index (χ0n) is 21.7. The molecule has 2 N–H and O–H groups in total. The molecule has 1 aliphatic carbocycles. The number of halogens is 2. The van der Waals surface area contributed by atoms with Crippen molar-refractivity contribution in [1.82, 2.24) is 15.3 Å². The van der Waals surface area contributed by atoms with Crippen molar-refractivity contribution in [2.75, 3.05) is 37.1 Å². The summed E-state index contributed by atoms with van der Waals surface area (Å²) in [5.41, 5.74) is 2.33. The van der Waals surface area contributed by atoms with Gasteiger partial charge in [-0.05, 0) is 81.9 Å². The molecule has 1 unspecified atom stereocenters. The minimum atomic E-state index is -2.99. The first-order valence-electron chi connectivity index (χ1n) is 13.2. The molecule has 1 saturated carbocycles. The predicted molar refractivity (Wildman–Crippen MR) is 146 cm³/mol. The van der Waals surface area contributed by atoms with E-state index in [1.54, 1.807) is 12.3 Å². The fourth-order valence-corrected chi connectivity index (χ4v) is 6.64. The molecule has 3 heterocycles. The van der Waals surface area contributed by atoms with E-state index in [-0.39, 0.29) is 23.4 Å². The number of nitrogens with zero attached hydrogens (tertiary/aromatic N) is 2. The van der Waals surface area contributed by atoms with Gasteiger partial charge in [-0.25, -0.2) is 17.8 Å². The highest BCUT2D eigenvalue weighted by molar-refractivity contribution is 7.90. The number of nitrogens with one attached hydrogen (secondary N) is 2. The number of anilines is 1. The Hall–Kier alpha value is -1.81. The Morgan fingerprint density at radius 3 is 2.57 bits per heavy atom. The van der Waals surface area contributed by atoms with Crippen LogP contribution in [0.2, 0.25) is 5.02 Å². The molecular weight excluding hydrogens is 515 g/mol. The normalized spacial score (nSPS) is 22.1. The van der Waals surface area contributed by atoms with Crippen LogP contribution in [0.3, 0.4) is 0 Å². The molecule has 0 bridgehead atoms. The van der Waals surface area contributed by atoms with Crippen LogP contribution in [0.15, 0.2) is 24.4 Å². The maximum absolute atomic E-state index is 14.5. The molecule has 1 saturated heterocycles. The van der Waals surface area contributed by atoms with E-state index in [1.165, 1.54) is 12.3 Å². The number of hydrogen-bond donors (Lipinski definition) is 2. The largest absolute Gasteiger partial charge is 0.381 e. The number of hydrogen-bond acceptors (Lipinski definition) is 7. The SMILES string of the molecule is CC(CS(C)(=O)=O)NC1CCC(Cc2cc(-c3ccc(F)c(NCC4CCOCC4)n3)c(Cl)cn2)CC1. The lowest BCUT2D eigenvalue weighted by molar-refractivity contribution is 0.0699. The summed E-state index contributed by atoms with van der Waals surface area (Å²) in [5.74, 6) is 0.978. The van der Waals surface area contributed by atoms with E-state index in [9.17, 15) is 12.8 Å². The number of aromatic nitrogens is 2. The van der Waals surface area contributed by atoms with Gasteiger partial charge >= 0.3 is 0 Å². The van der Waals surface area contributed by atoms with E-state index in [4.69, 9.17) is 16.3 Å². The van der Waals surface area contributed by atoms with E-state index in [2.05, 4.69) is 20.6 Å². The lowest BCUT2D eigenvalue weighted by Crippen LogP contribution is -2.42. The highest BCUT2D eigenvalue weighted by atomic mass is 35.5. The van der Waals surface area contributed by atoms with Gasteiger partial charge in [0.05, 0.1) is 16.5 Å². The lowest BCUT2D eigenvalue weighted by Gasteiger charge is -2.31. The maximum Gasteiger partial charge on any atom is 0.165 e. The van der Waals surface area contributed by atoms with Gasteiger partial charge in [-0.3, -0.25) is 4.98 Å². The molecule has 7 nitrogen and oxygen atoms in total. The van der Waals surface area contributed by atoms with E-state index in [0.29, 0.717) is 35.1 Å². The standard InChI is InChI=1S/C27H38ClFN4O3S/c1-18(17-37(2,34)35)32-21-5-3-19(4-6-21)13-22-14-23(24(28)16-30-22)26-8-7-25(29)27(33-26)31-15-20-9-11-36-12-10-20/h7-8,14,16,18-21,32H,3-6,9-13,15,17H2,1-2H3,(H,31,33). The maximum atomic E-state index is 14.5. The summed E-state index contributed by atoms with van der Waals surface area (Å²) in [6.45, 7) is 4.09. The summed E-state index contributed by atoms with van der Waals surface area (Å²) in [4.78, 5) is 9.12. The van der Waals surface area contributed by atoms with Gasteiger partial charge in [0.1, 0.15) is 9.84 Å². The molecule has 37 heavy (non-hydrogen) atoms. The van der Waals surface area contributed by atoms with Gasteiger partial charge in [-0.1, -0.05) is 11.6 Å². The van der Waals surface area contributed by atoms with Gasteiger partial charge in [-0.15, -0.1) is 0 Å². The molecule has 2 aromatic heterocycles. The molecule has 204 valence electrons. The summed E-state index contributed by atoms with van der Waals surface area (Å²) < 4.78 is 43.0. The molecule has 0 radical (unpaired) electrons. The monoisotopic (exact) mass is 552 g/mol. The summed E-state index contributed by atoms with van der Waals surface area (Å²) in [6, 6.07) is 5.37. The molecular formula is C27H38ClFN4O3S. The van der Waals surface area contributed by atoms with Crippen LogP contribution in [0.1, 0.15) is 51.1 Å². The van der Waals surface area contributed by atoms with Gasteiger partial charge in [0, 0.05) is 55.6 Å². The highest BCUT2D eigenvalue weighted by Gasteiger charge is 2.24. The van der Waals surface area contributed by atoms with Crippen LogP contribution in [0.4, 0.5) is 10.2 Å². The van der Waals surface area contributed by atoms with Crippen LogP contribution in [-0.2, 0) is 21.0 Å². The van der Waals surface area contributed by atoms with Crippen LogP contribution in [0, 0.1) is 17.7 Å². The Labute approximate surface area is 224 Å². The number of sulfone groups is 1. The summed E-state index contributed by atoms with van der Waals surface area (Å²) >= 11 is 6.50. The van der Waals surface area contributed by atoms with Crippen molar-refractivity contribution in [3.63, 3.8) is 0 Å². The molecule has 2 aliphatic rings. The fraction of sp³-hybridized carbons (Fsp3) is 0.630. The van der Waals surface area contributed by atoms with Crippen molar-refractivity contribution in [3.05, 3.63) is 40.9 Å². The van der Waals surface area contributed by atoms with Crippen molar-refractivity contribution in [2.24, 2.45) is 11.8 Å². The molecule has 1 aliphatic heterocycles. The van der Waals surface area contributed by atoms with Crippen molar-refractivity contribution in [3.8, 4) is 11.3 Å². The lowest BCUT2D eigenvalue weighted by atomic mass is 9.83. The minimum Gasteiger partial charge on any atom is -0.381 e. The van der Waals surface area contributed by atoms with E-state index in [0.717, 1.165) is 69.4 Å². The van der Waals surface area contributed by atoms with Crippen molar-refractivity contribution < 1.29 is 17.5 Å². The van der Waals surface area contributed by atoms with Crippen LogP contribution in [0.5, 0.6) is 0 Å². The third-order valence-corrected chi connectivity index (χ3v) is 8.76. The van der Waals surface area contributed by atoms with Gasteiger partial charge in [-0.2, -0.15) is 0 Å². The second kappa shape index (κ2) is 12.8. The van der Waals surface area contributed by atoms with E-state index < -0.39 is 9.84 Å². The number of pyridine rings is 2. The highest BCUT2D eigenvalue weighted by Crippen LogP contribution is 2.32. The molecule has 0 amide bonds. The average molecular weight is 553 g/mol. The first kappa shape index (κ1) is 28.2. The topological polar surface area (TPSA) is 93.2 Å². The van der Waals surface area contributed by atoms with Gasteiger partial charge in [0.2, 0.25) is 0 Å². The van der Waals surface area contributed by atoms with Crippen molar-refractivity contribution >= 4 is 27.3 Å². The Bertz CT molecular complexity index is 1150. The summed E-state index contributed by atoms with van der Waals surface area (Å²) in [5, 5.41) is 7.15.